The summed E-state index contributed by atoms with van der Waals surface area (Å²) in [4.78, 5) is 0. The largest absolute Gasteiger partial charge is 0.327 e. The van der Waals surface area contributed by atoms with Crippen molar-refractivity contribution in [3.63, 3.8) is 0 Å². The van der Waals surface area contributed by atoms with E-state index in [9.17, 15) is 8.78 Å². The second kappa shape index (κ2) is 5.88. The maximum Gasteiger partial charge on any atom is 0.143 e. The van der Waals surface area contributed by atoms with Crippen LogP contribution in [0.2, 0.25) is 0 Å². The molecule has 0 heterocycles. The molecule has 0 spiro atoms. The van der Waals surface area contributed by atoms with Crippen LogP contribution in [0.25, 0.3) is 0 Å². The number of benzene rings is 1. The zero-order valence-corrected chi connectivity index (χ0v) is 12.8. The van der Waals surface area contributed by atoms with Gasteiger partial charge in [-0.05, 0) is 59.2 Å². The Bertz CT molecular complexity index is 456. The van der Waals surface area contributed by atoms with Gasteiger partial charge in [0.1, 0.15) is 11.6 Å². The average molecular weight is 332 g/mol. The van der Waals surface area contributed by atoms with Crippen LogP contribution < -0.4 is 5.73 Å². The molecular formula is C15H20BrF2N. The van der Waals surface area contributed by atoms with Crippen LogP contribution >= 0.6 is 15.9 Å². The first-order valence-corrected chi connectivity index (χ1v) is 7.67. The van der Waals surface area contributed by atoms with Crippen LogP contribution in [0.1, 0.15) is 44.6 Å². The average Bonchev–Trinajstić information content (AvgIpc) is 2.89. The van der Waals surface area contributed by atoms with E-state index >= 15 is 0 Å². The smallest absolute Gasteiger partial charge is 0.143 e. The fourth-order valence-corrected chi connectivity index (χ4v) is 3.63. The summed E-state index contributed by atoms with van der Waals surface area (Å²) in [6, 6.07) is 2.51. The summed E-state index contributed by atoms with van der Waals surface area (Å²) >= 11 is 3.10. The van der Waals surface area contributed by atoms with Gasteiger partial charge in [0.2, 0.25) is 0 Å². The predicted molar refractivity (Wildman–Crippen MR) is 76.9 cm³/mol. The van der Waals surface area contributed by atoms with Crippen LogP contribution in [-0.2, 0) is 6.42 Å². The van der Waals surface area contributed by atoms with Crippen LogP contribution in [0.3, 0.4) is 0 Å². The molecule has 19 heavy (non-hydrogen) atoms. The summed E-state index contributed by atoms with van der Waals surface area (Å²) in [5.74, 6) is -1.01. The highest BCUT2D eigenvalue weighted by molar-refractivity contribution is 9.10. The van der Waals surface area contributed by atoms with Crippen molar-refractivity contribution in [2.45, 2.75) is 51.5 Å². The molecule has 1 aromatic carbocycles. The molecule has 2 rings (SSSR count). The van der Waals surface area contributed by atoms with Crippen molar-refractivity contribution in [3.8, 4) is 0 Å². The van der Waals surface area contributed by atoms with Crippen molar-refractivity contribution in [1.82, 2.24) is 0 Å². The molecule has 0 aliphatic heterocycles. The van der Waals surface area contributed by atoms with Crippen molar-refractivity contribution in [1.29, 1.82) is 0 Å². The second-order valence-electron chi connectivity index (χ2n) is 5.56. The van der Waals surface area contributed by atoms with Gasteiger partial charge in [0.15, 0.2) is 0 Å². The van der Waals surface area contributed by atoms with E-state index in [0.29, 0.717) is 4.47 Å². The predicted octanol–water partition coefficient (Wildman–Crippen LogP) is 4.57. The van der Waals surface area contributed by atoms with E-state index in [-0.39, 0.29) is 23.4 Å². The van der Waals surface area contributed by atoms with Crippen molar-refractivity contribution < 1.29 is 8.78 Å². The molecule has 0 amide bonds. The van der Waals surface area contributed by atoms with Gasteiger partial charge in [-0.1, -0.05) is 19.8 Å². The molecule has 1 aliphatic carbocycles. The Labute approximate surface area is 121 Å². The number of halogens is 3. The molecular weight excluding hydrogens is 312 g/mol. The SMILES string of the molecule is CCC1(C(N)Cc2c(F)ccc(Br)c2F)CCCC1. The third-order valence-electron chi connectivity index (χ3n) is 4.65. The standard InChI is InChI=1S/C15H20BrF2N/c1-2-15(7-3-4-8-15)13(19)9-10-12(17)6-5-11(16)14(10)18/h5-6,13H,2-4,7-9,19H2,1H3. The Morgan fingerprint density at radius 3 is 2.53 bits per heavy atom. The first kappa shape index (κ1) is 14.9. The van der Waals surface area contributed by atoms with Gasteiger partial charge in [-0.15, -0.1) is 0 Å². The molecule has 1 fully saturated rings. The Balaban J connectivity index is 2.23. The van der Waals surface area contributed by atoms with Gasteiger partial charge in [0, 0.05) is 11.6 Å². The Morgan fingerprint density at radius 1 is 1.32 bits per heavy atom. The second-order valence-corrected chi connectivity index (χ2v) is 6.41. The van der Waals surface area contributed by atoms with Crippen LogP contribution in [-0.4, -0.2) is 6.04 Å². The lowest BCUT2D eigenvalue weighted by Crippen LogP contribution is -2.41. The monoisotopic (exact) mass is 331 g/mol. The highest BCUT2D eigenvalue weighted by Gasteiger charge is 2.38. The molecule has 1 saturated carbocycles. The Hall–Kier alpha value is -0.480. The van der Waals surface area contributed by atoms with E-state index < -0.39 is 11.6 Å². The highest BCUT2D eigenvalue weighted by atomic mass is 79.9. The zero-order valence-electron chi connectivity index (χ0n) is 11.2. The van der Waals surface area contributed by atoms with Gasteiger partial charge in [-0.2, -0.15) is 0 Å². The first-order chi connectivity index (χ1) is 9.00. The summed E-state index contributed by atoms with van der Waals surface area (Å²) in [5, 5.41) is 0. The normalized spacial score (nSPS) is 19.6. The molecule has 1 nitrogen and oxygen atoms in total. The lowest BCUT2D eigenvalue weighted by Gasteiger charge is -2.34. The molecule has 0 saturated heterocycles. The Morgan fingerprint density at radius 2 is 1.95 bits per heavy atom. The fraction of sp³-hybridized carbons (Fsp3) is 0.600. The minimum absolute atomic E-state index is 0.0567. The van der Waals surface area contributed by atoms with Crippen molar-refractivity contribution in [3.05, 3.63) is 33.8 Å². The maximum absolute atomic E-state index is 14.0. The van der Waals surface area contributed by atoms with E-state index in [1.807, 2.05) is 0 Å². The molecule has 1 atom stereocenters. The first-order valence-electron chi connectivity index (χ1n) is 6.88. The lowest BCUT2D eigenvalue weighted by molar-refractivity contribution is 0.216. The third-order valence-corrected chi connectivity index (χ3v) is 5.27. The summed E-state index contributed by atoms with van der Waals surface area (Å²) in [7, 11) is 0. The quantitative estimate of drug-likeness (QED) is 0.803. The van der Waals surface area contributed by atoms with Gasteiger partial charge < -0.3 is 5.73 Å². The van der Waals surface area contributed by atoms with E-state index in [2.05, 4.69) is 22.9 Å². The summed E-state index contributed by atoms with van der Waals surface area (Å²) in [6.45, 7) is 2.12. The Kier molecular flexibility index (Phi) is 4.62. The molecule has 0 bridgehead atoms. The van der Waals surface area contributed by atoms with Gasteiger partial charge in [0.05, 0.1) is 4.47 Å². The van der Waals surface area contributed by atoms with Crippen molar-refractivity contribution in [2.24, 2.45) is 11.1 Å². The van der Waals surface area contributed by atoms with Gasteiger partial charge >= 0.3 is 0 Å². The number of nitrogens with two attached hydrogens (primary N) is 1. The summed E-state index contributed by atoms with van der Waals surface area (Å²) < 4.78 is 28.1. The van der Waals surface area contributed by atoms with E-state index in [1.54, 1.807) is 0 Å². The molecule has 0 aromatic heterocycles. The van der Waals surface area contributed by atoms with E-state index in [0.717, 1.165) is 19.3 Å². The number of hydrogen-bond acceptors (Lipinski definition) is 1. The molecule has 1 aliphatic rings. The molecule has 106 valence electrons. The van der Waals surface area contributed by atoms with E-state index in [1.165, 1.54) is 25.0 Å². The number of hydrogen-bond donors (Lipinski definition) is 1. The molecule has 2 N–H and O–H groups in total. The fourth-order valence-electron chi connectivity index (χ4n) is 3.26. The minimum atomic E-state index is -0.514. The van der Waals surface area contributed by atoms with Crippen molar-refractivity contribution >= 4 is 15.9 Å². The topological polar surface area (TPSA) is 26.0 Å². The maximum atomic E-state index is 14.0. The summed E-state index contributed by atoms with van der Waals surface area (Å²) in [5.41, 5.74) is 6.47. The molecule has 4 heteroatoms. The van der Waals surface area contributed by atoms with Gasteiger partial charge in [-0.25, -0.2) is 8.78 Å². The molecule has 0 radical (unpaired) electrons. The van der Waals surface area contributed by atoms with Gasteiger partial charge in [-0.3, -0.25) is 0 Å². The van der Waals surface area contributed by atoms with Gasteiger partial charge in [0.25, 0.3) is 0 Å². The van der Waals surface area contributed by atoms with Crippen LogP contribution in [0.5, 0.6) is 0 Å². The van der Waals surface area contributed by atoms with E-state index in [4.69, 9.17) is 5.73 Å². The molecule has 1 unspecified atom stereocenters. The van der Waals surface area contributed by atoms with Crippen LogP contribution in [0.15, 0.2) is 16.6 Å². The minimum Gasteiger partial charge on any atom is -0.327 e. The van der Waals surface area contributed by atoms with Crippen LogP contribution in [0, 0.1) is 17.0 Å². The van der Waals surface area contributed by atoms with Crippen molar-refractivity contribution in [2.75, 3.05) is 0 Å². The highest BCUT2D eigenvalue weighted by Crippen LogP contribution is 2.44. The van der Waals surface area contributed by atoms with Crippen LogP contribution in [0.4, 0.5) is 8.78 Å². The summed E-state index contributed by atoms with van der Waals surface area (Å²) in [6.07, 6.45) is 5.73. The zero-order chi connectivity index (χ0) is 14.0. The number of rotatable bonds is 4. The lowest BCUT2D eigenvalue weighted by atomic mass is 9.74. The molecule has 1 aromatic rings. The third kappa shape index (κ3) is 2.84.